The van der Waals surface area contributed by atoms with Crippen LogP contribution in [0, 0.1) is 0 Å². The molecule has 0 atom stereocenters. The van der Waals surface area contributed by atoms with Crippen molar-refractivity contribution in [1.82, 2.24) is 0 Å². The number of quaternary nitrogens is 1. The Balaban J connectivity index is 1.84. The fraction of sp³-hybridized carbons (Fsp3) is 1.00. The van der Waals surface area contributed by atoms with Crippen molar-refractivity contribution in [3.8, 4) is 0 Å². The van der Waals surface area contributed by atoms with Crippen LogP contribution in [0.25, 0.3) is 0 Å². The van der Waals surface area contributed by atoms with E-state index in [2.05, 4.69) is 13.8 Å². The summed E-state index contributed by atoms with van der Waals surface area (Å²) >= 11 is 0. The Morgan fingerprint density at radius 3 is 0.683 bits per heavy atom. The SMILES string of the molecule is CCCCCCCCCCCCCCCCCC[N+]1(CCCCCCCCCCCCCCCCCC)CCCC1. The molecule has 0 aromatic heterocycles. The van der Waals surface area contributed by atoms with E-state index >= 15 is 0 Å². The van der Waals surface area contributed by atoms with Gasteiger partial charge in [0.15, 0.2) is 0 Å². The van der Waals surface area contributed by atoms with Crippen LogP contribution >= 0.6 is 0 Å². The average molecular weight is 577 g/mol. The number of unbranched alkanes of at least 4 members (excludes halogenated alkanes) is 30. The molecule has 0 saturated carbocycles. The third kappa shape index (κ3) is 26.1. The largest absolute Gasteiger partial charge is 0.324 e. The molecule has 41 heavy (non-hydrogen) atoms. The minimum atomic E-state index is 1.37. The van der Waals surface area contributed by atoms with Crippen molar-refractivity contribution in [2.24, 2.45) is 0 Å². The van der Waals surface area contributed by atoms with E-state index in [9.17, 15) is 0 Å². The van der Waals surface area contributed by atoms with Gasteiger partial charge >= 0.3 is 0 Å². The minimum Gasteiger partial charge on any atom is -0.324 e. The Morgan fingerprint density at radius 2 is 0.463 bits per heavy atom. The second-order valence-corrected chi connectivity index (χ2v) is 14.5. The van der Waals surface area contributed by atoms with E-state index in [1.165, 1.54) is 249 Å². The van der Waals surface area contributed by atoms with Gasteiger partial charge in [0.1, 0.15) is 0 Å². The van der Waals surface area contributed by atoms with Gasteiger partial charge in [0, 0.05) is 12.8 Å². The molecule has 1 rings (SSSR count). The fourth-order valence-electron chi connectivity index (χ4n) is 7.56. The predicted molar refractivity (Wildman–Crippen MR) is 188 cm³/mol. The van der Waals surface area contributed by atoms with Crippen LogP contribution in [0.15, 0.2) is 0 Å². The molecule has 0 aromatic carbocycles. The molecule has 0 aliphatic carbocycles. The molecule has 0 unspecified atom stereocenters. The lowest BCUT2D eigenvalue weighted by Gasteiger charge is -2.34. The maximum atomic E-state index is 2.31. The van der Waals surface area contributed by atoms with E-state index in [4.69, 9.17) is 0 Å². The highest BCUT2D eigenvalue weighted by Crippen LogP contribution is 2.23. The van der Waals surface area contributed by atoms with E-state index in [0.29, 0.717) is 0 Å². The van der Waals surface area contributed by atoms with Crippen molar-refractivity contribution in [3.05, 3.63) is 0 Å². The van der Waals surface area contributed by atoms with Gasteiger partial charge in [-0.2, -0.15) is 0 Å². The van der Waals surface area contributed by atoms with Crippen LogP contribution in [0.3, 0.4) is 0 Å². The number of hydrogen-bond acceptors (Lipinski definition) is 0. The van der Waals surface area contributed by atoms with Gasteiger partial charge in [0.05, 0.1) is 26.2 Å². The zero-order valence-electron chi connectivity index (χ0n) is 29.3. The number of nitrogens with zero attached hydrogens (tertiary/aromatic N) is 1. The molecule has 0 amide bonds. The molecule has 1 heteroatoms. The van der Waals surface area contributed by atoms with Gasteiger partial charge in [0.2, 0.25) is 0 Å². The van der Waals surface area contributed by atoms with Crippen molar-refractivity contribution in [2.45, 2.75) is 232 Å². The molecule has 1 aliphatic rings. The smallest absolute Gasteiger partial charge is 0.0788 e. The Morgan fingerprint density at radius 1 is 0.268 bits per heavy atom. The van der Waals surface area contributed by atoms with Crippen molar-refractivity contribution < 1.29 is 4.48 Å². The molecule has 246 valence electrons. The monoisotopic (exact) mass is 577 g/mol. The maximum absolute atomic E-state index is 2.31. The van der Waals surface area contributed by atoms with Crippen LogP contribution < -0.4 is 0 Å². The lowest BCUT2D eigenvalue weighted by Crippen LogP contribution is -2.46. The van der Waals surface area contributed by atoms with E-state index in [0.717, 1.165) is 0 Å². The normalized spacial score (nSPS) is 14.8. The standard InChI is InChI=1S/C40H82N/c1-3-5-7-9-11-13-15-17-19-21-23-25-27-29-31-33-37-41(39-35-36-40-41)38-34-32-30-28-26-24-22-20-18-16-14-12-10-8-6-4-2/h3-40H2,1-2H3/q+1. The first-order valence-corrected chi connectivity index (χ1v) is 20.2. The summed E-state index contributed by atoms with van der Waals surface area (Å²) in [6.45, 7) is 10.6. The molecular weight excluding hydrogens is 494 g/mol. The summed E-state index contributed by atoms with van der Waals surface area (Å²) < 4.78 is 1.50. The molecule has 0 bridgehead atoms. The van der Waals surface area contributed by atoms with Crippen molar-refractivity contribution in [2.75, 3.05) is 26.2 Å². The van der Waals surface area contributed by atoms with E-state index in [1.54, 1.807) is 0 Å². The quantitative estimate of drug-likeness (QED) is 0.0528. The summed E-state index contributed by atoms with van der Waals surface area (Å²) in [4.78, 5) is 0. The Kier molecular flexibility index (Phi) is 29.8. The van der Waals surface area contributed by atoms with Gasteiger partial charge in [-0.3, -0.25) is 0 Å². The molecule has 0 aromatic rings. The molecule has 0 spiro atoms. The number of hydrogen-bond donors (Lipinski definition) is 0. The third-order valence-electron chi connectivity index (χ3n) is 10.5. The second kappa shape index (κ2) is 31.4. The average Bonchev–Trinajstić information content (AvgIpc) is 3.45. The predicted octanol–water partition coefficient (Wildman–Crippen LogP) is 14.1. The summed E-state index contributed by atoms with van der Waals surface area (Å²) in [7, 11) is 0. The van der Waals surface area contributed by atoms with E-state index in [1.807, 2.05) is 0 Å². The Bertz CT molecular complexity index is 441. The summed E-state index contributed by atoms with van der Waals surface area (Å²) in [6, 6.07) is 0. The number of rotatable bonds is 34. The topological polar surface area (TPSA) is 0 Å². The van der Waals surface area contributed by atoms with Crippen LogP contribution in [-0.4, -0.2) is 30.7 Å². The van der Waals surface area contributed by atoms with Crippen LogP contribution in [0.2, 0.25) is 0 Å². The van der Waals surface area contributed by atoms with Crippen LogP contribution in [0.1, 0.15) is 232 Å². The summed E-state index contributed by atoms with van der Waals surface area (Å²) in [5.41, 5.74) is 0. The highest BCUT2D eigenvalue weighted by Gasteiger charge is 2.30. The van der Waals surface area contributed by atoms with Crippen molar-refractivity contribution >= 4 is 0 Å². The van der Waals surface area contributed by atoms with Crippen molar-refractivity contribution in [3.63, 3.8) is 0 Å². The first kappa shape index (κ1) is 39.0. The van der Waals surface area contributed by atoms with E-state index in [-0.39, 0.29) is 0 Å². The van der Waals surface area contributed by atoms with Crippen LogP contribution in [0.5, 0.6) is 0 Å². The molecule has 1 fully saturated rings. The van der Waals surface area contributed by atoms with Gasteiger partial charge in [0.25, 0.3) is 0 Å². The lowest BCUT2D eigenvalue weighted by atomic mass is 10.0. The molecule has 0 radical (unpaired) electrons. The molecule has 0 N–H and O–H groups in total. The first-order valence-electron chi connectivity index (χ1n) is 20.2. The molecular formula is C40H82N+. The summed E-state index contributed by atoms with van der Waals surface area (Å²) in [5.74, 6) is 0. The highest BCUT2D eigenvalue weighted by atomic mass is 15.4. The van der Waals surface area contributed by atoms with Gasteiger partial charge in [-0.15, -0.1) is 0 Å². The molecule has 1 saturated heterocycles. The second-order valence-electron chi connectivity index (χ2n) is 14.5. The molecule has 1 aliphatic heterocycles. The zero-order valence-corrected chi connectivity index (χ0v) is 29.3. The summed E-state index contributed by atoms with van der Waals surface area (Å²) in [6.07, 6.45) is 50.4. The van der Waals surface area contributed by atoms with Gasteiger partial charge in [-0.25, -0.2) is 0 Å². The fourth-order valence-corrected chi connectivity index (χ4v) is 7.56. The highest BCUT2D eigenvalue weighted by molar-refractivity contribution is 4.58. The minimum absolute atomic E-state index is 1.37. The maximum Gasteiger partial charge on any atom is 0.0788 e. The zero-order chi connectivity index (χ0) is 29.4. The Hall–Kier alpha value is -0.0400. The number of likely N-dealkylation sites (tertiary alicyclic amines) is 1. The van der Waals surface area contributed by atoms with Gasteiger partial charge < -0.3 is 4.48 Å². The van der Waals surface area contributed by atoms with Crippen LogP contribution in [0.4, 0.5) is 0 Å². The lowest BCUT2D eigenvalue weighted by molar-refractivity contribution is -0.917. The third-order valence-corrected chi connectivity index (χ3v) is 10.5. The van der Waals surface area contributed by atoms with E-state index < -0.39 is 0 Å². The molecule has 1 heterocycles. The molecule has 1 nitrogen and oxygen atoms in total. The van der Waals surface area contributed by atoms with Gasteiger partial charge in [-0.1, -0.05) is 194 Å². The van der Waals surface area contributed by atoms with Crippen LogP contribution in [-0.2, 0) is 0 Å². The Labute approximate surface area is 262 Å². The van der Waals surface area contributed by atoms with Gasteiger partial charge in [-0.05, 0) is 25.7 Å². The first-order chi connectivity index (χ1) is 20.3. The van der Waals surface area contributed by atoms with Crippen molar-refractivity contribution in [1.29, 1.82) is 0 Å². The summed E-state index contributed by atoms with van der Waals surface area (Å²) in [5, 5.41) is 0.